The molecule has 2 rings (SSSR count). The van der Waals surface area contributed by atoms with E-state index in [9.17, 15) is 14.3 Å². The van der Waals surface area contributed by atoms with Gasteiger partial charge in [0.1, 0.15) is 5.82 Å². The summed E-state index contributed by atoms with van der Waals surface area (Å²) in [6.07, 6.45) is 1.21. The van der Waals surface area contributed by atoms with Crippen LogP contribution in [-0.2, 0) is 0 Å². The van der Waals surface area contributed by atoms with Gasteiger partial charge in [0.2, 0.25) is 0 Å². The minimum Gasteiger partial charge on any atom is -0.387 e. The van der Waals surface area contributed by atoms with E-state index in [2.05, 4.69) is 5.32 Å². The normalized spacial score (nSPS) is 12.0. The number of aliphatic hydroxyl groups excluding tert-OH is 1. The Hall–Kier alpha value is -1.85. The average Bonchev–Trinajstić information content (AvgIpc) is 2.53. The fourth-order valence-corrected chi connectivity index (χ4v) is 2.24. The Morgan fingerprint density at radius 1 is 1.19 bits per heavy atom. The van der Waals surface area contributed by atoms with Crippen molar-refractivity contribution in [3.8, 4) is 0 Å². The van der Waals surface area contributed by atoms with Crippen molar-refractivity contribution in [1.29, 1.82) is 0 Å². The zero-order valence-corrected chi connectivity index (χ0v) is 12.4. The molecule has 2 aromatic carbocycles. The summed E-state index contributed by atoms with van der Waals surface area (Å²) in [5.74, 6) is -0.727. The third kappa shape index (κ3) is 4.31. The number of hydrogen-bond donors (Lipinski definition) is 2. The lowest BCUT2D eigenvalue weighted by Crippen LogP contribution is -2.28. The predicted molar refractivity (Wildman–Crippen MR) is 81.9 cm³/mol. The number of hydrogen-bond acceptors (Lipinski definition) is 3. The molecular weight excluding hydrogens is 289 g/mol. The molecule has 0 aliphatic heterocycles. The molecule has 1 amide bonds. The predicted octanol–water partition coefficient (Wildman–Crippen LogP) is 3.01. The van der Waals surface area contributed by atoms with Crippen LogP contribution in [0.5, 0.6) is 0 Å². The lowest BCUT2D eigenvalue weighted by atomic mass is 10.1. The SMILES string of the molecule is CSc1ccc(C(O)CNC(=O)c2ccc(F)cc2)cc1. The highest BCUT2D eigenvalue weighted by Gasteiger charge is 2.11. The van der Waals surface area contributed by atoms with Gasteiger partial charge in [-0.1, -0.05) is 12.1 Å². The summed E-state index contributed by atoms with van der Waals surface area (Å²) in [7, 11) is 0. The zero-order chi connectivity index (χ0) is 15.2. The van der Waals surface area contributed by atoms with Crippen LogP contribution in [0.1, 0.15) is 22.0 Å². The van der Waals surface area contributed by atoms with Crippen LogP contribution >= 0.6 is 11.8 Å². The Morgan fingerprint density at radius 3 is 2.38 bits per heavy atom. The summed E-state index contributed by atoms with van der Waals surface area (Å²) in [6, 6.07) is 12.8. The standard InChI is InChI=1S/C16H16FNO2S/c1-21-14-8-4-11(5-9-14)15(19)10-18-16(20)12-2-6-13(17)7-3-12/h2-9,15,19H,10H2,1H3,(H,18,20). The maximum Gasteiger partial charge on any atom is 0.251 e. The van der Waals surface area contributed by atoms with E-state index >= 15 is 0 Å². The molecule has 2 aromatic rings. The van der Waals surface area contributed by atoms with Crippen molar-refractivity contribution in [3.05, 3.63) is 65.5 Å². The molecule has 0 heterocycles. The molecule has 1 unspecified atom stereocenters. The van der Waals surface area contributed by atoms with E-state index in [0.29, 0.717) is 5.56 Å². The first-order chi connectivity index (χ1) is 10.1. The fraction of sp³-hybridized carbons (Fsp3) is 0.188. The van der Waals surface area contributed by atoms with Crippen molar-refractivity contribution < 1.29 is 14.3 Å². The highest BCUT2D eigenvalue weighted by molar-refractivity contribution is 7.98. The molecule has 0 aromatic heterocycles. The van der Waals surface area contributed by atoms with E-state index < -0.39 is 6.10 Å². The molecule has 21 heavy (non-hydrogen) atoms. The summed E-state index contributed by atoms with van der Waals surface area (Å²) < 4.78 is 12.8. The maximum absolute atomic E-state index is 12.8. The first-order valence-electron chi connectivity index (χ1n) is 6.46. The fourth-order valence-electron chi connectivity index (χ4n) is 1.84. The van der Waals surface area contributed by atoms with Gasteiger partial charge in [-0.2, -0.15) is 0 Å². The van der Waals surface area contributed by atoms with Crippen molar-refractivity contribution >= 4 is 17.7 Å². The Kier molecular flexibility index (Phi) is 5.36. The molecule has 0 radical (unpaired) electrons. The van der Waals surface area contributed by atoms with Gasteiger partial charge in [0.25, 0.3) is 5.91 Å². The molecule has 0 bridgehead atoms. The van der Waals surface area contributed by atoms with Crippen LogP contribution in [0.4, 0.5) is 4.39 Å². The molecule has 1 atom stereocenters. The van der Waals surface area contributed by atoms with E-state index in [1.54, 1.807) is 11.8 Å². The van der Waals surface area contributed by atoms with Crippen LogP contribution in [0.2, 0.25) is 0 Å². The van der Waals surface area contributed by atoms with Gasteiger partial charge in [-0.15, -0.1) is 11.8 Å². The van der Waals surface area contributed by atoms with Gasteiger partial charge >= 0.3 is 0 Å². The molecule has 0 fully saturated rings. The van der Waals surface area contributed by atoms with Crippen molar-refractivity contribution in [1.82, 2.24) is 5.32 Å². The third-order valence-electron chi connectivity index (χ3n) is 3.06. The van der Waals surface area contributed by atoms with Crippen LogP contribution in [0.25, 0.3) is 0 Å². The molecular formula is C16H16FNO2S. The van der Waals surface area contributed by atoms with E-state index in [0.717, 1.165) is 10.5 Å². The van der Waals surface area contributed by atoms with Crippen LogP contribution in [0.15, 0.2) is 53.4 Å². The van der Waals surface area contributed by atoms with Crippen molar-refractivity contribution in [3.63, 3.8) is 0 Å². The van der Waals surface area contributed by atoms with E-state index in [1.165, 1.54) is 24.3 Å². The Bertz CT molecular complexity index is 599. The molecule has 0 aliphatic carbocycles. The van der Waals surface area contributed by atoms with Gasteiger partial charge in [0.15, 0.2) is 0 Å². The van der Waals surface area contributed by atoms with Gasteiger partial charge in [0, 0.05) is 17.0 Å². The molecule has 2 N–H and O–H groups in total. The number of aliphatic hydroxyl groups is 1. The number of nitrogens with one attached hydrogen (secondary N) is 1. The van der Waals surface area contributed by atoms with Gasteiger partial charge in [-0.05, 0) is 48.2 Å². The summed E-state index contributed by atoms with van der Waals surface area (Å²) in [6.45, 7) is 0.106. The topological polar surface area (TPSA) is 49.3 Å². The largest absolute Gasteiger partial charge is 0.387 e. The lowest BCUT2D eigenvalue weighted by molar-refractivity contribution is 0.0916. The van der Waals surface area contributed by atoms with E-state index in [1.807, 2.05) is 30.5 Å². The zero-order valence-electron chi connectivity index (χ0n) is 11.5. The highest BCUT2D eigenvalue weighted by Crippen LogP contribution is 2.18. The van der Waals surface area contributed by atoms with Crippen LogP contribution in [-0.4, -0.2) is 23.8 Å². The van der Waals surface area contributed by atoms with Gasteiger partial charge < -0.3 is 10.4 Å². The number of rotatable bonds is 5. The third-order valence-corrected chi connectivity index (χ3v) is 3.81. The van der Waals surface area contributed by atoms with E-state index in [-0.39, 0.29) is 18.3 Å². The van der Waals surface area contributed by atoms with Crippen LogP contribution in [0.3, 0.4) is 0 Å². The smallest absolute Gasteiger partial charge is 0.251 e. The summed E-state index contributed by atoms with van der Waals surface area (Å²) in [4.78, 5) is 13.0. The number of thioether (sulfide) groups is 1. The molecule has 0 saturated carbocycles. The minimum absolute atomic E-state index is 0.106. The monoisotopic (exact) mass is 305 g/mol. The van der Waals surface area contributed by atoms with Crippen LogP contribution < -0.4 is 5.32 Å². The van der Waals surface area contributed by atoms with Gasteiger partial charge in [0.05, 0.1) is 6.10 Å². The lowest BCUT2D eigenvalue weighted by Gasteiger charge is -2.12. The Morgan fingerprint density at radius 2 is 1.81 bits per heavy atom. The summed E-state index contributed by atoms with van der Waals surface area (Å²) in [5.41, 5.74) is 1.11. The first kappa shape index (κ1) is 15.5. The van der Waals surface area contributed by atoms with Crippen molar-refractivity contribution in [2.24, 2.45) is 0 Å². The minimum atomic E-state index is -0.773. The molecule has 5 heteroatoms. The Labute approximate surface area is 127 Å². The molecule has 0 aliphatic rings. The second kappa shape index (κ2) is 7.24. The molecule has 3 nitrogen and oxygen atoms in total. The quantitative estimate of drug-likeness (QED) is 0.835. The molecule has 110 valence electrons. The maximum atomic E-state index is 12.8. The van der Waals surface area contributed by atoms with Crippen LogP contribution in [0, 0.1) is 5.82 Å². The van der Waals surface area contributed by atoms with Gasteiger partial charge in [-0.25, -0.2) is 4.39 Å². The highest BCUT2D eigenvalue weighted by atomic mass is 32.2. The number of benzene rings is 2. The second-order valence-corrected chi connectivity index (χ2v) is 5.39. The summed E-state index contributed by atoms with van der Waals surface area (Å²) in [5, 5.41) is 12.7. The molecule has 0 saturated heterocycles. The number of carbonyl (C=O) groups is 1. The molecule has 0 spiro atoms. The van der Waals surface area contributed by atoms with Crippen molar-refractivity contribution in [2.45, 2.75) is 11.0 Å². The average molecular weight is 305 g/mol. The second-order valence-electron chi connectivity index (χ2n) is 4.51. The van der Waals surface area contributed by atoms with Crippen molar-refractivity contribution in [2.75, 3.05) is 12.8 Å². The number of halogens is 1. The summed E-state index contributed by atoms with van der Waals surface area (Å²) >= 11 is 1.62. The Balaban J connectivity index is 1.92. The number of amides is 1. The number of carbonyl (C=O) groups excluding carboxylic acids is 1. The van der Waals surface area contributed by atoms with E-state index in [4.69, 9.17) is 0 Å². The van der Waals surface area contributed by atoms with Gasteiger partial charge in [-0.3, -0.25) is 4.79 Å². The first-order valence-corrected chi connectivity index (χ1v) is 7.68.